The van der Waals surface area contributed by atoms with E-state index in [0.717, 1.165) is 5.56 Å². The highest BCUT2D eigenvalue weighted by Gasteiger charge is 2.24. The molecule has 0 aliphatic rings. The van der Waals surface area contributed by atoms with E-state index in [4.69, 9.17) is 5.73 Å². The lowest BCUT2D eigenvalue weighted by Gasteiger charge is -2.25. The first-order chi connectivity index (χ1) is 10.4. The third-order valence-electron chi connectivity index (χ3n) is 3.78. The van der Waals surface area contributed by atoms with Crippen molar-refractivity contribution in [1.82, 2.24) is 0 Å². The molecule has 0 aliphatic carbocycles. The number of hydrogen-bond acceptors (Lipinski definition) is 5. The van der Waals surface area contributed by atoms with Crippen molar-refractivity contribution in [2.75, 3.05) is 0 Å². The molecule has 0 aromatic heterocycles. The van der Waals surface area contributed by atoms with Gasteiger partial charge in [-0.3, -0.25) is 0 Å². The van der Waals surface area contributed by atoms with Crippen LogP contribution in [0.25, 0.3) is 0 Å². The molecule has 0 fully saturated rings. The molecule has 5 nitrogen and oxygen atoms in total. The smallest absolute Gasteiger partial charge is 0.119 e. The number of nitrogens with two attached hydrogens (primary N) is 1. The van der Waals surface area contributed by atoms with Crippen LogP contribution < -0.4 is 5.73 Å². The summed E-state index contributed by atoms with van der Waals surface area (Å²) in [6.07, 6.45) is -0.353. The summed E-state index contributed by atoms with van der Waals surface area (Å²) < 4.78 is 0. The van der Waals surface area contributed by atoms with Crippen LogP contribution >= 0.6 is 17.0 Å². The van der Waals surface area contributed by atoms with Crippen molar-refractivity contribution in [2.45, 2.75) is 25.5 Å². The molecule has 0 heterocycles. The number of phenolic OH excluding ortho intramolecular Hbond substituents is 3. The van der Waals surface area contributed by atoms with Gasteiger partial charge in [-0.1, -0.05) is 19.1 Å². The number of aromatic hydroxyl groups is 3. The van der Waals surface area contributed by atoms with E-state index >= 15 is 0 Å². The van der Waals surface area contributed by atoms with Gasteiger partial charge in [0.05, 0.1) is 6.10 Å². The van der Waals surface area contributed by atoms with Crippen molar-refractivity contribution in [1.29, 1.82) is 0 Å². The van der Waals surface area contributed by atoms with Crippen molar-refractivity contribution < 1.29 is 20.4 Å². The summed E-state index contributed by atoms with van der Waals surface area (Å²) in [6.45, 7) is 1.92. The zero-order valence-electron chi connectivity index (χ0n) is 12.8. The summed E-state index contributed by atoms with van der Waals surface area (Å²) in [6, 6.07) is 10.2. The van der Waals surface area contributed by atoms with E-state index in [9.17, 15) is 20.4 Å². The third kappa shape index (κ3) is 5.13. The zero-order valence-corrected chi connectivity index (χ0v) is 14.5. The van der Waals surface area contributed by atoms with Crippen molar-refractivity contribution >= 4 is 17.0 Å². The number of hydrogen-bond donors (Lipinski definition) is 5. The lowest BCUT2D eigenvalue weighted by molar-refractivity contribution is 0.121. The molecule has 126 valence electrons. The Morgan fingerprint density at radius 3 is 1.96 bits per heavy atom. The molecule has 2 aromatic rings. The number of benzene rings is 2. The number of halogens is 1. The monoisotopic (exact) mass is 383 g/mol. The molecule has 1 unspecified atom stereocenters. The largest absolute Gasteiger partial charge is 0.508 e. The van der Waals surface area contributed by atoms with Gasteiger partial charge in [-0.25, -0.2) is 0 Å². The Morgan fingerprint density at radius 2 is 1.43 bits per heavy atom. The van der Waals surface area contributed by atoms with Gasteiger partial charge in [0.15, 0.2) is 0 Å². The Hall–Kier alpha value is -1.76. The average molecular weight is 384 g/mol. The molecule has 0 amide bonds. The molecule has 2 aromatic carbocycles. The third-order valence-corrected chi connectivity index (χ3v) is 3.78. The van der Waals surface area contributed by atoms with E-state index in [1.165, 1.54) is 18.2 Å². The fraction of sp³-hybridized carbons (Fsp3) is 0.294. The highest BCUT2D eigenvalue weighted by atomic mass is 79.9. The Bertz CT molecular complexity index is 613. The second-order valence-electron chi connectivity index (χ2n) is 5.65. The van der Waals surface area contributed by atoms with Gasteiger partial charge in [0.1, 0.15) is 17.2 Å². The normalized spacial score (nSPS) is 14.6. The summed E-state index contributed by atoms with van der Waals surface area (Å²) in [5.74, 6) is -0.0696. The highest BCUT2D eigenvalue weighted by molar-refractivity contribution is 8.93. The van der Waals surface area contributed by atoms with Gasteiger partial charge in [-0.2, -0.15) is 0 Å². The lowest BCUT2D eigenvalue weighted by atomic mass is 9.88. The first-order valence-electron chi connectivity index (χ1n) is 7.11. The minimum Gasteiger partial charge on any atom is -0.508 e. The fourth-order valence-corrected chi connectivity index (χ4v) is 2.46. The first-order valence-corrected chi connectivity index (χ1v) is 7.11. The minimum atomic E-state index is -0.995. The van der Waals surface area contributed by atoms with Gasteiger partial charge in [0.25, 0.3) is 0 Å². The number of rotatable bonds is 5. The Balaban J connectivity index is 0.00000264. The molecule has 0 spiro atoms. The van der Waals surface area contributed by atoms with E-state index in [0.29, 0.717) is 12.0 Å². The number of aliphatic hydroxyl groups excluding tert-OH is 1. The van der Waals surface area contributed by atoms with Crippen LogP contribution in [-0.2, 0) is 6.42 Å². The lowest BCUT2D eigenvalue weighted by Crippen LogP contribution is -2.36. The molecule has 0 saturated carbocycles. The zero-order chi connectivity index (χ0) is 16.3. The topological polar surface area (TPSA) is 107 Å². The molecule has 23 heavy (non-hydrogen) atoms. The molecule has 6 N–H and O–H groups in total. The van der Waals surface area contributed by atoms with Crippen LogP contribution in [0, 0.1) is 5.92 Å². The van der Waals surface area contributed by atoms with Crippen molar-refractivity contribution in [2.24, 2.45) is 11.7 Å². The Kier molecular flexibility index (Phi) is 6.87. The predicted molar refractivity (Wildman–Crippen MR) is 94.0 cm³/mol. The summed E-state index contributed by atoms with van der Waals surface area (Å²) in [5.41, 5.74) is 7.49. The van der Waals surface area contributed by atoms with Crippen LogP contribution in [0.3, 0.4) is 0 Å². The van der Waals surface area contributed by atoms with E-state index in [-0.39, 0.29) is 40.1 Å². The highest BCUT2D eigenvalue weighted by Crippen LogP contribution is 2.29. The van der Waals surface area contributed by atoms with Crippen molar-refractivity contribution in [3.63, 3.8) is 0 Å². The van der Waals surface area contributed by atoms with Gasteiger partial charge in [0.2, 0.25) is 0 Å². The minimum absolute atomic E-state index is 0. The average Bonchev–Trinajstić information content (AvgIpc) is 2.47. The summed E-state index contributed by atoms with van der Waals surface area (Å²) in [5, 5.41) is 38.6. The maximum absolute atomic E-state index is 10.3. The summed E-state index contributed by atoms with van der Waals surface area (Å²) in [4.78, 5) is 0. The predicted octanol–water partition coefficient (Wildman–Crippen LogP) is 2.62. The molecule has 0 bridgehead atoms. The SMILES string of the molecule is Br.C[C@H](Cc1ccc(O)cc1)C(N)[C@H](O)c1cc(O)cc(O)c1. The second kappa shape index (κ2) is 8.19. The maximum atomic E-state index is 10.3. The van der Waals surface area contributed by atoms with Gasteiger partial charge in [-0.15, -0.1) is 17.0 Å². The molecule has 0 aliphatic heterocycles. The van der Waals surface area contributed by atoms with Crippen LogP contribution in [0.4, 0.5) is 0 Å². The molecule has 2 rings (SSSR count). The molecular formula is C17H22BrNO4. The molecule has 0 saturated heterocycles. The number of aliphatic hydroxyl groups is 1. The Morgan fingerprint density at radius 1 is 0.913 bits per heavy atom. The maximum Gasteiger partial charge on any atom is 0.119 e. The van der Waals surface area contributed by atoms with Crippen LogP contribution in [0.2, 0.25) is 0 Å². The quantitative estimate of drug-likeness (QED) is 0.545. The summed E-state index contributed by atoms with van der Waals surface area (Å²) in [7, 11) is 0. The van der Waals surface area contributed by atoms with Crippen molar-refractivity contribution in [3.05, 3.63) is 53.6 Å². The standard InChI is InChI=1S/C17H21NO4.BrH/c1-10(6-11-2-4-13(19)5-3-11)16(18)17(22)12-7-14(20)9-15(21)8-12;/h2-5,7-10,16-17,19-22H,6,18H2,1H3;1H/t10-,16?,17-;/m1./s1. The second-order valence-corrected chi connectivity index (χ2v) is 5.65. The van der Waals surface area contributed by atoms with Crippen LogP contribution in [0.15, 0.2) is 42.5 Å². The molecular weight excluding hydrogens is 362 g/mol. The van der Waals surface area contributed by atoms with E-state index in [2.05, 4.69) is 0 Å². The van der Waals surface area contributed by atoms with Gasteiger partial charge >= 0.3 is 0 Å². The van der Waals surface area contributed by atoms with Gasteiger partial charge in [0, 0.05) is 12.1 Å². The number of phenols is 3. The van der Waals surface area contributed by atoms with Gasteiger partial charge < -0.3 is 26.2 Å². The first kappa shape index (κ1) is 19.3. The van der Waals surface area contributed by atoms with E-state index in [1.807, 2.05) is 19.1 Å². The van der Waals surface area contributed by atoms with Crippen LogP contribution in [0.5, 0.6) is 17.2 Å². The molecule has 6 heteroatoms. The van der Waals surface area contributed by atoms with Crippen LogP contribution in [-0.4, -0.2) is 26.5 Å². The van der Waals surface area contributed by atoms with Crippen molar-refractivity contribution in [3.8, 4) is 17.2 Å². The Labute approximate surface area is 145 Å². The van der Waals surface area contributed by atoms with Crippen LogP contribution in [0.1, 0.15) is 24.2 Å². The van der Waals surface area contributed by atoms with Gasteiger partial charge in [-0.05, 0) is 47.7 Å². The summed E-state index contributed by atoms with van der Waals surface area (Å²) >= 11 is 0. The molecule has 3 atom stereocenters. The molecule has 0 radical (unpaired) electrons. The van der Waals surface area contributed by atoms with E-state index < -0.39 is 12.1 Å². The van der Waals surface area contributed by atoms with E-state index in [1.54, 1.807) is 12.1 Å². The fourth-order valence-electron chi connectivity index (χ4n) is 2.46.